The van der Waals surface area contributed by atoms with E-state index in [-0.39, 0.29) is 24.9 Å². The molecule has 54 valence electrons. The van der Waals surface area contributed by atoms with Gasteiger partial charge in [0.25, 0.3) is 5.92 Å². The van der Waals surface area contributed by atoms with Crippen molar-refractivity contribution in [3.63, 3.8) is 0 Å². The van der Waals surface area contributed by atoms with Crippen LogP contribution in [0, 0.1) is 0 Å². The van der Waals surface area contributed by atoms with Gasteiger partial charge in [0.05, 0.1) is 12.0 Å². The Labute approximate surface area is 57.8 Å². The molecule has 0 aromatic rings. The first-order chi connectivity index (χ1) is 4.14. The SMILES string of the molecule is FC1(F)CC(OCS)C1. The van der Waals surface area contributed by atoms with E-state index in [0.717, 1.165) is 0 Å². The van der Waals surface area contributed by atoms with Crippen molar-refractivity contribution in [3.05, 3.63) is 0 Å². The maximum absolute atomic E-state index is 12.0. The molecule has 0 N–H and O–H groups in total. The number of thiol groups is 1. The van der Waals surface area contributed by atoms with Gasteiger partial charge in [0.15, 0.2) is 0 Å². The van der Waals surface area contributed by atoms with E-state index in [0.29, 0.717) is 0 Å². The maximum atomic E-state index is 12.0. The predicted octanol–water partition coefficient (Wildman–Crippen LogP) is 1.69. The summed E-state index contributed by atoms with van der Waals surface area (Å²) >= 11 is 3.74. The summed E-state index contributed by atoms with van der Waals surface area (Å²) in [6.07, 6.45) is -0.515. The minimum absolute atomic E-state index is 0.131. The summed E-state index contributed by atoms with van der Waals surface area (Å²) in [6, 6.07) is 0. The molecule has 0 aliphatic heterocycles. The van der Waals surface area contributed by atoms with Crippen LogP contribution in [-0.2, 0) is 4.74 Å². The van der Waals surface area contributed by atoms with Crippen molar-refractivity contribution in [3.8, 4) is 0 Å². The van der Waals surface area contributed by atoms with E-state index in [1.807, 2.05) is 0 Å². The van der Waals surface area contributed by atoms with E-state index in [1.54, 1.807) is 0 Å². The lowest BCUT2D eigenvalue weighted by molar-refractivity contribution is -0.157. The fourth-order valence-electron chi connectivity index (χ4n) is 0.830. The molecule has 0 aromatic carbocycles. The maximum Gasteiger partial charge on any atom is 0.253 e. The molecule has 1 nitrogen and oxygen atoms in total. The Bertz CT molecular complexity index is 99.1. The molecule has 1 saturated carbocycles. The van der Waals surface area contributed by atoms with Crippen molar-refractivity contribution in [2.24, 2.45) is 0 Å². The van der Waals surface area contributed by atoms with E-state index in [2.05, 4.69) is 12.6 Å². The zero-order valence-corrected chi connectivity index (χ0v) is 5.70. The molecule has 9 heavy (non-hydrogen) atoms. The van der Waals surface area contributed by atoms with E-state index < -0.39 is 5.92 Å². The first-order valence-corrected chi connectivity index (χ1v) is 3.37. The number of rotatable bonds is 2. The van der Waals surface area contributed by atoms with Crippen LogP contribution < -0.4 is 0 Å². The number of halogens is 2. The van der Waals surface area contributed by atoms with Crippen molar-refractivity contribution in [2.45, 2.75) is 24.9 Å². The zero-order chi connectivity index (χ0) is 6.91. The van der Waals surface area contributed by atoms with Gasteiger partial charge in [0.2, 0.25) is 0 Å². The monoisotopic (exact) mass is 154 g/mol. The number of alkyl halides is 2. The molecule has 0 atom stereocenters. The quantitative estimate of drug-likeness (QED) is 0.470. The summed E-state index contributed by atoms with van der Waals surface area (Å²) in [7, 11) is 0. The van der Waals surface area contributed by atoms with Crippen LogP contribution in [0.4, 0.5) is 8.78 Å². The second-order valence-corrected chi connectivity index (χ2v) is 2.44. The summed E-state index contributed by atoms with van der Waals surface area (Å²) in [4.78, 5) is 0. The van der Waals surface area contributed by atoms with Crippen molar-refractivity contribution in [2.75, 3.05) is 5.94 Å². The molecule has 1 fully saturated rings. The van der Waals surface area contributed by atoms with Gasteiger partial charge in [0, 0.05) is 12.8 Å². The average molecular weight is 154 g/mol. The van der Waals surface area contributed by atoms with Crippen LogP contribution in [0.2, 0.25) is 0 Å². The second-order valence-electron chi connectivity index (χ2n) is 2.18. The summed E-state index contributed by atoms with van der Waals surface area (Å²) in [5, 5.41) is 0. The standard InChI is InChI=1S/C5H8F2OS/c6-5(7)1-4(2-5)8-3-9/h4,9H,1-3H2. The topological polar surface area (TPSA) is 9.23 Å². The van der Waals surface area contributed by atoms with Crippen molar-refractivity contribution < 1.29 is 13.5 Å². The van der Waals surface area contributed by atoms with E-state index >= 15 is 0 Å². The number of hydrogen-bond acceptors (Lipinski definition) is 2. The molecular weight excluding hydrogens is 146 g/mol. The lowest BCUT2D eigenvalue weighted by Crippen LogP contribution is -2.41. The van der Waals surface area contributed by atoms with Gasteiger partial charge in [-0.3, -0.25) is 0 Å². The minimum Gasteiger partial charge on any atom is -0.367 e. The summed E-state index contributed by atoms with van der Waals surface area (Å²) in [5.41, 5.74) is 0. The third kappa shape index (κ3) is 1.79. The Kier molecular flexibility index (Phi) is 1.96. The number of hydrogen-bond donors (Lipinski definition) is 1. The van der Waals surface area contributed by atoms with E-state index in [1.165, 1.54) is 0 Å². The van der Waals surface area contributed by atoms with Crippen LogP contribution in [0.3, 0.4) is 0 Å². The average Bonchev–Trinajstić information content (AvgIpc) is 1.62. The van der Waals surface area contributed by atoms with Gasteiger partial charge < -0.3 is 4.74 Å². The van der Waals surface area contributed by atoms with Crippen LogP contribution in [0.5, 0.6) is 0 Å². The van der Waals surface area contributed by atoms with Crippen molar-refractivity contribution in [1.82, 2.24) is 0 Å². The van der Waals surface area contributed by atoms with Gasteiger partial charge in [-0.25, -0.2) is 8.78 Å². The molecule has 0 heterocycles. The Morgan fingerprint density at radius 2 is 2.11 bits per heavy atom. The number of ether oxygens (including phenoxy) is 1. The van der Waals surface area contributed by atoms with E-state index in [9.17, 15) is 8.78 Å². The molecule has 0 amide bonds. The molecule has 1 rings (SSSR count). The first-order valence-electron chi connectivity index (χ1n) is 2.74. The highest BCUT2D eigenvalue weighted by molar-refractivity contribution is 7.80. The molecule has 0 unspecified atom stereocenters. The molecule has 0 saturated heterocycles. The van der Waals surface area contributed by atoms with Crippen LogP contribution in [0.1, 0.15) is 12.8 Å². The molecular formula is C5H8F2OS. The minimum atomic E-state index is -2.46. The fourth-order valence-corrected chi connectivity index (χ4v) is 1.04. The Balaban J connectivity index is 2.12. The summed E-state index contributed by atoms with van der Waals surface area (Å²) < 4.78 is 28.8. The fraction of sp³-hybridized carbons (Fsp3) is 1.00. The highest BCUT2D eigenvalue weighted by Crippen LogP contribution is 2.39. The molecule has 0 bridgehead atoms. The molecule has 0 radical (unpaired) electrons. The van der Waals surface area contributed by atoms with Crippen molar-refractivity contribution >= 4 is 12.6 Å². The predicted molar refractivity (Wildman–Crippen MR) is 32.9 cm³/mol. The third-order valence-corrected chi connectivity index (χ3v) is 1.51. The van der Waals surface area contributed by atoms with E-state index in [4.69, 9.17) is 4.74 Å². The van der Waals surface area contributed by atoms with Crippen molar-refractivity contribution in [1.29, 1.82) is 0 Å². The van der Waals surface area contributed by atoms with Crippen LogP contribution in [0.25, 0.3) is 0 Å². The summed E-state index contributed by atoms with van der Waals surface area (Å²) in [6.45, 7) is 0. The molecule has 1 aliphatic carbocycles. The Morgan fingerprint density at radius 1 is 1.56 bits per heavy atom. The molecule has 4 heteroatoms. The van der Waals surface area contributed by atoms with Gasteiger partial charge in [-0.1, -0.05) is 0 Å². The lowest BCUT2D eigenvalue weighted by atomic mass is 9.91. The van der Waals surface area contributed by atoms with Gasteiger partial charge >= 0.3 is 0 Å². The third-order valence-electron chi connectivity index (χ3n) is 1.36. The first kappa shape index (κ1) is 7.28. The molecule has 0 aromatic heterocycles. The van der Waals surface area contributed by atoms with Crippen LogP contribution in [0.15, 0.2) is 0 Å². The highest BCUT2D eigenvalue weighted by atomic mass is 32.1. The van der Waals surface area contributed by atoms with Gasteiger partial charge in [-0.05, 0) is 0 Å². The summed E-state index contributed by atoms with van der Waals surface area (Å²) in [5.74, 6) is -2.23. The smallest absolute Gasteiger partial charge is 0.253 e. The van der Waals surface area contributed by atoms with Gasteiger partial charge in [-0.2, -0.15) is 12.6 Å². The molecule has 0 spiro atoms. The normalized spacial score (nSPS) is 25.7. The highest BCUT2D eigenvalue weighted by Gasteiger charge is 2.45. The molecule has 1 aliphatic rings. The zero-order valence-electron chi connectivity index (χ0n) is 4.81. The Hall–Kier alpha value is 0.170. The van der Waals surface area contributed by atoms with Crippen LogP contribution in [-0.4, -0.2) is 18.0 Å². The Morgan fingerprint density at radius 3 is 2.44 bits per heavy atom. The van der Waals surface area contributed by atoms with Gasteiger partial charge in [0.1, 0.15) is 0 Å². The van der Waals surface area contributed by atoms with Gasteiger partial charge in [-0.15, -0.1) is 0 Å². The second kappa shape index (κ2) is 2.42. The lowest BCUT2D eigenvalue weighted by Gasteiger charge is -2.33. The van der Waals surface area contributed by atoms with Crippen LogP contribution >= 0.6 is 12.6 Å². The largest absolute Gasteiger partial charge is 0.367 e.